The van der Waals surface area contributed by atoms with Gasteiger partial charge >= 0.3 is 0 Å². The highest BCUT2D eigenvalue weighted by Crippen LogP contribution is 2.22. The Morgan fingerprint density at radius 1 is 1.25 bits per heavy atom. The highest BCUT2D eigenvalue weighted by Gasteiger charge is 2.09. The van der Waals surface area contributed by atoms with E-state index in [9.17, 15) is 0 Å². The monoisotopic (exact) mass is 382 g/mol. The number of aryl methyl sites for hydroxylation is 1. The zero-order chi connectivity index (χ0) is 19.9. The van der Waals surface area contributed by atoms with Gasteiger partial charge in [0.2, 0.25) is 5.89 Å². The summed E-state index contributed by atoms with van der Waals surface area (Å²) in [6.07, 6.45) is 3.67. The van der Waals surface area contributed by atoms with E-state index in [1.807, 2.05) is 0 Å². The summed E-state index contributed by atoms with van der Waals surface area (Å²) in [6.45, 7) is 10.5. The third-order valence-electron chi connectivity index (χ3n) is 4.62. The Morgan fingerprint density at radius 2 is 2.11 bits per heavy atom. The number of fused-ring (bicyclic) bond motifs is 1. The molecule has 7 nitrogen and oxygen atoms in total. The van der Waals surface area contributed by atoms with Gasteiger partial charge in [0.25, 0.3) is 0 Å². The summed E-state index contributed by atoms with van der Waals surface area (Å²) in [5, 5.41) is 12.0. The molecule has 2 aromatic heterocycles. The van der Waals surface area contributed by atoms with Gasteiger partial charge in [-0.3, -0.25) is 4.99 Å². The van der Waals surface area contributed by atoms with Crippen LogP contribution in [0.25, 0.3) is 10.9 Å². The molecule has 150 valence electrons. The van der Waals surface area contributed by atoms with Crippen molar-refractivity contribution in [2.75, 3.05) is 19.6 Å². The van der Waals surface area contributed by atoms with Gasteiger partial charge in [0.15, 0.2) is 11.8 Å². The lowest BCUT2D eigenvalue weighted by molar-refractivity contribution is 0.372. The van der Waals surface area contributed by atoms with Crippen molar-refractivity contribution in [3.8, 4) is 0 Å². The lowest BCUT2D eigenvalue weighted by atomic mass is 10.1. The molecule has 0 unspecified atom stereocenters. The molecule has 28 heavy (non-hydrogen) atoms. The average Bonchev–Trinajstić information content (AvgIpc) is 3.30. The molecule has 3 aromatic rings. The highest BCUT2D eigenvalue weighted by atomic mass is 16.5. The lowest BCUT2D eigenvalue weighted by Crippen LogP contribution is -2.38. The fourth-order valence-corrected chi connectivity index (χ4v) is 3.17. The minimum atomic E-state index is 0.271. The number of nitrogens with zero attached hydrogens (tertiary/aromatic N) is 3. The summed E-state index contributed by atoms with van der Waals surface area (Å²) in [5.74, 6) is 2.46. The van der Waals surface area contributed by atoms with Gasteiger partial charge in [0.1, 0.15) is 0 Å². The molecule has 0 saturated carbocycles. The molecule has 0 amide bonds. The largest absolute Gasteiger partial charge is 0.361 e. The third kappa shape index (κ3) is 4.91. The molecule has 0 atom stereocenters. The first-order chi connectivity index (χ1) is 13.6. The van der Waals surface area contributed by atoms with Gasteiger partial charge < -0.3 is 20.1 Å². The van der Waals surface area contributed by atoms with E-state index in [1.165, 1.54) is 22.0 Å². The summed E-state index contributed by atoms with van der Waals surface area (Å²) >= 11 is 0. The molecule has 2 heterocycles. The van der Waals surface area contributed by atoms with Gasteiger partial charge in [-0.1, -0.05) is 31.1 Å². The molecule has 0 bridgehead atoms. The molecule has 0 aliphatic rings. The quantitative estimate of drug-likeness (QED) is 0.411. The predicted octanol–water partition coefficient (Wildman–Crippen LogP) is 3.32. The molecular weight excluding hydrogens is 352 g/mol. The van der Waals surface area contributed by atoms with E-state index in [1.54, 1.807) is 0 Å². The number of hydrogen-bond donors (Lipinski definition) is 3. The molecule has 1 aromatic carbocycles. The van der Waals surface area contributed by atoms with Crippen LogP contribution < -0.4 is 10.6 Å². The van der Waals surface area contributed by atoms with Crippen molar-refractivity contribution >= 4 is 16.9 Å². The summed E-state index contributed by atoms with van der Waals surface area (Å²) in [5.41, 5.74) is 3.81. The zero-order valence-electron chi connectivity index (χ0n) is 17.2. The van der Waals surface area contributed by atoms with E-state index in [2.05, 4.69) is 82.8 Å². The van der Waals surface area contributed by atoms with E-state index in [0.29, 0.717) is 18.9 Å². The number of rotatable bonds is 8. The lowest BCUT2D eigenvalue weighted by Gasteiger charge is -2.11. The van der Waals surface area contributed by atoms with Crippen LogP contribution in [0.3, 0.4) is 0 Å². The molecule has 0 fully saturated rings. The predicted molar refractivity (Wildman–Crippen MR) is 113 cm³/mol. The zero-order valence-corrected chi connectivity index (χ0v) is 17.2. The normalized spacial score (nSPS) is 12.1. The minimum Gasteiger partial charge on any atom is -0.361 e. The third-order valence-corrected chi connectivity index (χ3v) is 4.62. The van der Waals surface area contributed by atoms with Crippen LogP contribution in [0.5, 0.6) is 0 Å². The first-order valence-electron chi connectivity index (χ1n) is 9.98. The summed E-state index contributed by atoms with van der Waals surface area (Å²) in [4.78, 5) is 12.4. The van der Waals surface area contributed by atoms with Crippen LogP contribution in [-0.4, -0.2) is 40.7 Å². The van der Waals surface area contributed by atoms with E-state index in [0.717, 1.165) is 31.3 Å². The molecule has 3 rings (SSSR count). The van der Waals surface area contributed by atoms with Gasteiger partial charge in [-0.25, -0.2) is 0 Å². The van der Waals surface area contributed by atoms with Gasteiger partial charge in [-0.05, 0) is 37.5 Å². The first-order valence-corrected chi connectivity index (χ1v) is 9.98. The Bertz CT molecular complexity index is 924. The molecule has 0 aliphatic carbocycles. The molecule has 3 N–H and O–H groups in total. The van der Waals surface area contributed by atoms with Crippen molar-refractivity contribution in [2.45, 2.75) is 46.5 Å². The second-order valence-electron chi connectivity index (χ2n) is 7.20. The van der Waals surface area contributed by atoms with Crippen molar-refractivity contribution in [1.29, 1.82) is 0 Å². The van der Waals surface area contributed by atoms with Gasteiger partial charge in [-0.15, -0.1) is 0 Å². The maximum Gasteiger partial charge on any atom is 0.228 e. The van der Waals surface area contributed by atoms with E-state index in [4.69, 9.17) is 4.52 Å². The number of hydrogen-bond acceptors (Lipinski definition) is 4. The molecule has 0 spiro atoms. The number of aliphatic imine (C=N–C) groups is 1. The van der Waals surface area contributed by atoms with Crippen molar-refractivity contribution in [3.05, 3.63) is 47.2 Å². The van der Waals surface area contributed by atoms with Crippen LogP contribution >= 0.6 is 0 Å². The van der Waals surface area contributed by atoms with Crippen LogP contribution in [0.2, 0.25) is 0 Å². The van der Waals surface area contributed by atoms with Gasteiger partial charge in [-0.2, -0.15) is 4.98 Å². The Kier molecular flexibility index (Phi) is 6.68. The van der Waals surface area contributed by atoms with E-state index < -0.39 is 0 Å². The van der Waals surface area contributed by atoms with Crippen LogP contribution in [0, 0.1) is 6.92 Å². The molecule has 0 radical (unpaired) electrons. The Hall–Kier alpha value is -2.83. The van der Waals surface area contributed by atoms with Crippen LogP contribution in [0.4, 0.5) is 0 Å². The van der Waals surface area contributed by atoms with Crippen molar-refractivity contribution in [2.24, 2.45) is 4.99 Å². The van der Waals surface area contributed by atoms with Crippen LogP contribution in [0.15, 0.2) is 33.9 Å². The molecule has 0 saturated heterocycles. The fraction of sp³-hybridized carbons (Fsp3) is 0.476. The minimum absolute atomic E-state index is 0.271. The fourth-order valence-electron chi connectivity index (χ4n) is 3.17. The molecule has 0 aliphatic heterocycles. The number of aromatic nitrogens is 3. The second-order valence-corrected chi connectivity index (χ2v) is 7.20. The van der Waals surface area contributed by atoms with Crippen LogP contribution in [-0.2, 0) is 12.8 Å². The number of aromatic amines is 1. The van der Waals surface area contributed by atoms with Crippen molar-refractivity contribution < 1.29 is 4.52 Å². The maximum absolute atomic E-state index is 5.28. The Morgan fingerprint density at radius 3 is 2.86 bits per heavy atom. The van der Waals surface area contributed by atoms with Gasteiger partial charge in [0.05, 0.1) is 6.54 Å². The Balaban J connectivity index is 1.54. The number of benzene rings is 1. The summed E-state index contributed by atoms with van der Waals surface area (Å²) < 4.78 is 5.28. The number of guanidine groups is 1. The topological polar surface area (TPSA) is 91.1 Å². The van der Waals surface area contributed by atoms with E-state index in [-0.39, 0.29) is 5.92 Å². The Labute approximate surface area is 166 Å². The van der Waals surface area contributed by atoms with E-state index >= 15 is 0 Å². The van der Waals surface area contributed by atoms with Crippen LogP contribution in [0.1, 0.15) is 49.5 Å². The first kappa shape index (κ1) is 19.9. The molecular formula is C21H30N6O. The van der Waals surface area contributed by atoms with Crippen molar-refractivity contribution in [1.82, 2.24) is 25.8 Å². The molecule has 7 heteroatoms. The number of nitrogens with one attached hydrogen (secondary N) is 3. The van der Waals surface area contributed by atoms with Crippen molar-refractivity contribution in [3.63, 3.8) is 0 Å². The average molecular weight is 383 g/mol. The standard InChI is InChI=1S/C21H30N6O/c1-5-22-21(24-12-10-18-26-20(14(2)3)27-28-18)23-11-9-16-13-25-17-8-6-7-15(4)19(16)17/h6-8,13-14,25H,5,9-12H2,1-4H3,(H2,22,23,24). The second kappa shape index (κ2) is 9.39. The summed E-state index contributed by atoms with van der Waals surface area (Å²) in [6, 6.07) is 6.35. The smallest absolute Gasteiger partial charge is 0.228 e. The van der Waals surface area contributed by atoms with Gasteiger partial charge in [0, 0.05) is 42.5 Å². The SMILES string of the molecule is CCNC(=NCCc1nc(C(C)C)no1)NCCc1c[nH]c2cccc(C)c12. The highest BCUT2D eigenvalue weighted by molar-refractivity contribution is 5.86. The maximum atomic E-state index is 5.28. The number of H-pyrrole nitrogens is 1. The summed E-state index contributed by atoms with van der Waals surface area (Å²) in [7, 11) is 0.